The molecule has 1 amide bonds. The fourth-order valence-corrected chi connectivity index (χ4v) is 3.19. The monoisotopic (exact) mass is 338 g/mol. The molecule has 0 bridgehead atoms. The maximum atomic E-state index is 12.5. The number of hydrogen-bond donors (Lipinski definition) is 1. The molecule has 1 aliphatic carbocycles. The zero-order chi connectivity index (χ0) is 17.1. The summed E-state index contributed by atoms with van der Waals surface area (Å²) in [5, 5.41) is 18.3. The maximum absolute atomic E-state index is 12.5. The predicted octanol–water partition coefficient (Wildman–Crippen LogP) is 1.17. The van der Waals surface area contributed by atoms with Gasteiger partial charge in [-0.15, -0.1) is 20.4 Å². The molecule has 3 aromatic heterocycles. The molecule has 1 aliphatic rings. The summed E-state index contributed by atoms with van der Waals surface area (Å²) in [6, 6.07) is 5.91. The van der Waals surface area contributed by atoms with E-state index in [1.807, 2.05) is 10.6 Å². The Kier molecular flexibility index (Phi) is 4.19. The van der Waals surface area contributed by atoms with Crippen LogP contribution >= 0.6 is 0 Å². The third kappa shape index (κ3) is 3.39. The average Bonchev–Trinajstić information content (AvgIpc) is 3.36. The minimum atomic E-state index is -0.150. The number of amides is 1. The molecule has 1 saturated carbocycles. The summed E-state index contributed by atoms with van der Waals surface area (Å²) in [5.41, 5.74) is 0.395. The number of hydrogen-bond acceptors (Lipinski definition) is 6. The SMILES string of the molecule is O=C(NC1CCC(n2cnnc2)CC1)c1cccc(-n2cnnc2)n1. The Balaban J connectivity index is 1.37. The molecule has 0 saturated heterocycles. The van der Waals surface area contributed by atoms with E-state index >= 15 is 0 Å². The van der Waals surface area contributed by atoms with Gasteiger partial charge in [0.25, 0.3) is 5.91 Å². The molecule has 0 aromatic carbocycles. The van der Waals surface area contributed by atoms with Crippen LogP contribution in [0, 0.1) is 0 Å². The first-order valence-corrected chi connectivity index (χ1v) is 8.26. The minimum absolute atomic E-state index is 0.150. The van der Waals surface area contributed by atoms with Gasteiger partial charge in [-0.05, 0) is 37.8 Å². The molecule has 0 aliphatic heterocycles. The van der Waals surface area contributed by atoms with Crippen molar-refractivity contribution in [2.24, 2.45) is 0 Å². The van der Waals surface area contributed by atoms with Gasteiger partial charge in [0, 0.05) is 12.1 Å². The predicted molar refractivity (Wildman–Crippen MR) is 87.9 cm³/mol. The van der Waals surface area contributed by atoms with Gasteiger partial charge in [0.15, 0.2) is 0 Å². The van der Waals surface area contributed by atoms with Gasteiger partial charge in [0.2, 0.25) is 0 Å². The fourth-order valence-electron chi connectivity index (χ4n) is 3.19. The molecule has 9 nitrogen and oxygen atoms in total. The van der Waals surface area contributed by atoms with Crippen molar-refractivity contribution in [2.75, 3.05) is 0 Å². The van der Waals surface area contributed by atoms with Crippen LogP contribution in [0.1, 0.15) is 42.2 Å². The van der Waals surface area contributed by atoms with Crippen LogP contribution in [0.4, 0.5) is 0 Å². The Morgan fingerprint density at radius 1 is 0.960 bits per heavy atom. The lowest BCUT2D eigenvalue weighted by atomic mass is 9.91. The van der Waals surface area contributed by atoms with Gasteiger partial charge in [-0.1, -0.05) is 6.07 Å². The summed E-state index contributed by atoms with van der Waals surface area (Å²) in [6.07, 6.45) is 10.5. The van der Waals surface area contributed by atoms with E-state index in [-0.39, 0.29) is 11.9 Å². The van der Waals surface area contributed by atoms with Crippen molar-refractivity contribution in [1.29, 1.82) is 0 Å². The van der Waals surface area contributed by atoms with Crippen LogP contribution in [-0.4, -0.2) is 46.5 Å². The van der Waals surface area contributed by atoms with Gasteiger partial charge in [-0.3, -0.25) is 9.36 Å². The van der Waals surface area contributed by atoms with E-state index < -0.39 is 0 Å². The van der Waals surface area contributed by atoms with Crippen molar-refractivity contribution in [1.82, 2.24) is 39.8 Å². The molecule has 0 spiro atoms. The van der Waals surface area contributed by atoms with E-state index in [0.29, 0.717) is 17.6 Å². The fraction of sp³-hybridized carbons (Fsp3) is 0.375. The Bertz CT molecular complexity index is 822. The molecule has 4 rings (SSSR count). The van der Waals surface area contributed by atoms with Crippen molar-refractivity contribution < 1.29 is 4.79 Å². The van der Waals surface area contributed by atoms with Crippen LogP contribution < -0.4 is 5.32 Å². The highest BCUT2D eigenvalue weighted by molar-refractivity contribution is 5.92. The molecule has 3 heterocycles. The molecule has 1 N–H and O–H groups in total. The molecule has 25 heavy (non-hydrogen) atoms. The largest absolute Gasteiger partial charge is 0.348 e. The second kappa shape index (κ2) is 6.80. The Labute approximate surface area is 144 Å². The van der Waals surface area contributed by atoms with E-state index in [4.69, 9.17) is 0 Å². The first-order valence-electron chi connectivity index (χ1n) is 8.26. The summed E-state index contributed by atoms with van der Waals surface area (Å²) in [5.74, 6) is 0.469. The van der Waals surface area contributed by atoms with Gasteiger partial charge in [0.1, 0.15) is 36.8 Å². The molecular weight excluding hydrogens is 320 g/mol. The highest BCUT2D eigenvalue weighted by Crippen LogP contribution is 2.28. The summed E-state index contributed by atoms with van der Waals surface area (Å²) in [6.45, 7) is 0. The second-order valence-corrected chi connectivity index (χ2v) is 6.14. The number of nitrogens with zero attached hydrogens (tertiary/aromatic N) is 7. The van der Waals surface area contributed by atoms with Gasteiger partial charge in [-0.25, -0.2) is 4.98 Å². The molecule has 1 fully saturated rings. The number of nitrogens with one attached hydrogen (secondary N) is 1. The van der Waals surface area contributed by atoms with Crippen molar-refractivity contribution in [2.45, 2.75) is 37.8 Å². The van der Waals surface area contributed by atoms with Crippen molar-refractivity contribution in [3.8, 4) is 5.82 Å². The van der Waals surface area contributed by atoms with Crippen LogP contribution in [0.15, 0.2) is 43.5 Å². The van der Waals surface area contributed by atoms with Crippen LogP contribution in [0.3, 0.4) is 0 Å². The Hall–Kier alpha value is -3.10. The summed E-state index contributed by atoms with van der Waals surface area (Å²) in [4.78, 5) is 16.9. The molecule has 0 atom stereocenters. The van der Waals surface area contributed by atoms with Crippen LogP contribution in [0.5, 0.6) is 0 Å². The zero-order valence-electron chi connectivity index (χ0n) is 13.6. The van der Waals surface area contributed by atoms with Crippen molar-refractivity contribution >= 4 is 5.91 Å². The number of aromatic nitrogens is 7. The van der Waals surface area contributed by atoms with Gasteiger partial charge >= 0.3 is 0 Å². The second-order valence-electron chi connectivity index (χ2n) is 6.14. The Morgan fingerprint density at radius 2 is 1.64 bits per heavy atom. The lowest BCUT2D eigenvalue weighted by Gasteiger charge is -2.29. The highest BCUT2D eigenvalue weighted by Gasteiger charge is 2.24. The molecule has 9 heteroatoms. The first kappa shape index (κ1) is 15.4. The van der Waals surface area contributed by atoms with E-state index in [9.17, 15) is 4.79 Å². The lowest BCUT2D eigenvalue weighted by Crippen LogP contribution is -2.38. The molecule has 0 unspecified atom stereocenters. The van der Waals surface area contributed by atoms with Gasteiger partial charge in [0.05, 0.1) is 0 Å². The van der Waals surface area contributed by atoms with E-state index in [1.165, 1.54) is 0 Å². The summed E-state index contributed by atoms with van der Waals surface area (Å²) < 4.78 is 3.71. The summed E-state index contributed by atoms with van der Waals surface area (Å²) >= 11 is 0. The lowest BCUT2D eigenvalue weighted by molar-refractivity contribution is 0.0917. The van der Waals surface area contributed by atoms with Gasteiger partial charge in [-0.2, -0.15) is 0 Å². The average molecular weight is 338 g/mol. The smallest absolute Gasteiger partial charge is 0.270 e. The highest BCUT2D eigenvalue weighted by atomic mass is 16.1. The number of carbonyl (C=O) groups excluding carboxylic acids is 1. The van der Waals surface area contributed by atoms with Crippen LogP contribution in [0.2, 0.25) is 0 Å². The third-order valence-electron chi connectivity index (χ3n) is 4.54. The van der Waals surface area contributed by atoms with E-state index in [1.54, 1.807) is 42.0 Å². The number of pyridine rings is 1. The van der Waals surface area contributed by atoms with Crippen molar-refractivity contribution in [3.05, 3.63) is 49.2 Å². The molecule has 3 aromatic rings. The first-order chi connectivity index (χ1) is 12.3. The van der Waals surface area contributed by atoms with Crippen molar-refractivity contribution in [3.63, 3.8) is 0 Å². The summed E-state index contributed by atoms with van der Waals surface area (Å²) in [7, 11) is 0. The number of carbonyl (C=O) groups is 1. The molecule has 128 valence electrons. The quantitative estimate of drug-likeness (QED) is 0.766. The topological polar surface area (TPSA) is 103 Å². The van der Waals surface area contributed by atoms with Crippen LogP contribution in [0.25, 0.3) is 5.82 Å². The minimum Gasteiger partial charge on any atom is -0.348 e. The normalized spacial score (nSPS) is 20.3. The number of rotatable bonds is 4. The maximum Gasteiger partial charge on any atom is 0.270 e. The van der Waals surface area contributed by atoms with E-state index in [2.05, 4.69) is 30.7 Å². The standard InChI is InChI=1S/C16H18N8O/c25-16(14-2-1-3-15(22-14)24-10-19-20-11-24)21-12-4-6-13(7-5-12)23-8-17-18-9-23/h1-3,8-13H,4-7H2,(H,21,25). The molecular formula is C16H18N8O. The Morgan fingerprint density at radius 3 is 2.36 bits per heavy atom. The van der Waals surface area contributed by atoms with Crippen LogP contribution in [-0.2, 0) is 0 Å². The molecule has 0 radical (unpaired) electrons. The van der Waals surface area contributed by atoms with E-state index in [0.717, 1.165) is 25.7 Å². The zero-order valence-corrected chi connectivity index (χ0v) is 13.6. The van der Waals surface area contributed by atoms with Gasteiger partial charge < -0.3 is 9.88 Å². The third-order valence-corrected chi connectivity index (χ3v) is 4.54.